The predicted octanol–water partition coefficient (Wildman–Crippen LogP) is 2.00. The molecule has 8 heteroatoms. The van der Waals surface area contributed by atoms with Gasteiger partial charge in [-0.15, -0.1) is 0 Å². The van der Waals surface area contributed by atoms with Crippen LogP contribution in [0.15, 0.2) is 0 Å². The Labute approximate surface area is 73.5 Å². The third-order valence-corrected chi connectivity index (χ3v) is 2.13. The van der Waals surface area contributed by atoms with E-state index in [9.17, 15) is 31.1 Å². The van der Waals surface area contributed by atoms with Gasteiger partial charge in [-0.2, -0.15) is 13.2 Å². The smallest absolute Gasteiger partial charge is 0.421 e. The van der Waals surface area contributed by atoms with Gasteiger partial charge in [0.1, 0.15) is 0 Å². The fourth-order valence-electron chi connectivity index (χ4n) is 1.20. The number of rotatable bonds is 2. The largest absolute Gasteiger partial charge is 0.481 e. The van der Waals surface area contributed by atoms with E-state index < -0.39 is 36.1 Å². The van der Waals surface area contributed by atoms with E-state index in [4.69, 9.17) is 5.11 Å². The first-order valence-electron chi connectivity index (χ1n) is 3.38. The fraction of sp³-hybridized carbons (Fsp3) is 0.833. The first kappa shape index (κ1) is 11.1. The molecular formula is C6H4F6O2. The molecule has 0 radical (unpaired) electrons. The minimum absolute atomic E-state index is 1.62. The summed E-state index contributed by atoms with van der Waals surface area (Å²) in [5, 5.41) is 8.15. The molecule has 2 unspecified atom stereocenters. The Kier molecular flexibility index (Phi) is 2.02. The van der Waals surface area contributed by atoms with Crippen LogP contribution in [0.25, 0.3) is 0 Å². The second-order valence-corrected chi connectivity index (χ2v) is 3.06. The SMILES string of the molecule is O=C(O)C1(C(F)C(F)(F)F)CC1(F)F. The average molecular weight is 222 g/mol. The van der Waals surface area contributed by atoms with Gasteiger partial charge < -0.3 is 5.11 Å². The van der Waals surface area contributed by atoms with Gasteiger partial charge in [0.25, 0.3) is 5.92 Å². The number of hydrogen-bond donors (Lipinski definition) is 1. The van der Waals surface area contributed by atoms with E-state index >= 15 is 0 Å². The number of carboxylic acid groups (broad SMARTS) is 1. The van der Waals surface area contributed by atoms with Crippen LogP contribution in [-0.2, 0) is 4.79 Å². The van der Waals surface area contributed by atoms with Crippen molar-refractivity contribution in [1.82, 2.24) is 0 Å². The van der Waals surface area contributed by atoms with Crippen molar-refractivity contribution < 1.29 is 36.2 Å². The van der Waals surface area contributed by atoms with Crippen LogP contribution >= 0.6 is 0 Å². The molecule has 2 atom stereocenters. The van der Waals surface area contributed by atoms with Crippen molar-refractivity contribution in [3.8, 4) is 0 Å². The van der Waals surface area contributed by atoms with Gasteiger partial charge in [0.2, 0.25) is 6.17 Å². The minimum atomic E-state index is -5.58. The summed E-state index contributed by atoms with van der Waals surface area (Å²) >= 11 is 0. The Bertz CT molecular complexity index is 272. The molecule has 1 saturated carbocycles. The van der Waals surface area contributed by atoms with Gasteiger partial charge in [-0.25, -0.2) is 13.2 Å². The number of alkyl halides is 6. The van der Waals surface area contributed by atoms with Crippen LogP contribution in [0.3, 0.4) is 0 Å². The number of halogens is 6. The molecule has 0 amide bonds. The van der Waals surface area contributed by atoms with E-state index in [1.165, 1.54) is 0 Å². The van der Waals surface area contributed by atoms with Gasteiger partial charge >= 0.3 is 12.1 Å². The van der Waals surface area contributed by atoms with Crippen molar-refractivity contribution >= 4 is 5.97 Å². The van der Waals surface area contributed by atoms with E-state index in [-0.39, 0.29) is 0 Å². The van der Waals surface area contributed by atoms with E-state index in [1.807, 2.05) is 0 Å². The van der Waals surface area contributed by atoms with Gasteiger partial charge in [-0.05, 0) is 0 Å². The Hall–Kier alpha value is -0.950. The molecule has 0 aromatic carbocycles. The average Bonchev–Trinajstić information content (AvgIpc) is 2.51. The zero-order valence-corrected chi connectivity index (χ0v) is 6.41. The summed E-state index contributed by atoms with van der Waals surface area (Å²) in [4.78, 5) is 10.2. The first-order chi connectivity index (χ1) is 6.06. The van der Waals surface area contributed by atoms with Crippen LogP contribution in [0.4, 0.5) is 26.3 Å². The number of carbonyl (C=O) groups is 1. The maximum Gasteiger partial charge on any atom is 0.421 e. The molecule has 1 N–H and O–H groups in total. The summed E-state index contributed by atoms with van der Waals surface area (Å²) in [5.74, 6) is -6.60. The monoisotopic (exact) mass is 222 g/mol. The van der Waals surface area contributed by atoms with Crippen molar-refractivity contribution in [3.63, 3.8) is 0 Å². The lowest BCUT2D eigenvalue weighted by atomic mass is 9.99. The Balaban J connectivity index is 3.00. The highest BCUT2D eigenvalue weighted by Crippen LogP contribution is 2.65. The molecule has 1 rings (SSSR count). The molecule has 0 aromatic rings. The molecule has 1 aliphatic rings. The van der Waals surface area contributed by atoms with Gasteiger partial charge in [0, 0.05) is 6.42 Å². The minimum Gasteiger partial charge on any atom is -0.481 e. The van der Waals surface area contributed by atoms with E-state index in [1.54, 1.807) is 0 Å². The lowest BCUT2D eigenvalue weighted by Crippen LogP contribution is -2.42. The summed E-state index contributed by atoms with van der Waals surface area (Å²) in [6.07, 6.45) is -11.2. The van der Waals surface area contributed by atoms with E-state index in [0.717, 1.165) is 0 Å². The maximum atomic E-state index is 12.5. The van der Waals surface area contributed by atoms with Crippen LogP contribution in [0, 0.1) is 5.41 Å². The molecule has 14 heavy (non-hydrogen) atoms. The molecule has 2 nitrogen and oxygen atoms in total. The predicted molar refractivity (Wildman–Crippen MR) is 30.6 cm³/mol. The number of carboxylic acids is 1. The zero-order chi connectivity index (χ0) is 11.4. The lowest BCUT2D eigenvalue weighted by Gasteiger charge is -2.18. The molecule has 0 aliphatic heterocycles. The maximum absolute atomic E-state index is 12.5. The highest BCUT2D eigenvalue weighted by atomic mass is 19.4. The van der Waals surface area contributed by atoms with Crippen LogP contribution in [0.5, 0.6) is 0 Å². The van der Waals surface area contributed by atoms with Crippen molar-refractivity contribution in [2.24, 2.45) is 5.41 Å². The number of hydrogen-bond acceptors (Lipinski definition) is 1. The van der Waals surface area contributed by atoms with Gasteiger partial charge in [-0.1, -0.05) is 0 Å². The summed E-state index contributed by atoms with van der Waals surface area (Å²) in [5.41, 5.74) is -3.62. The normalized spacial score (nSPS) is 32.4. The first-order valence-corrected chi connectivity index (χ1v) is 3.38. The van der Waals surface area contributed by atoms with Crippen molar-refractivity contribution in [2.75, 3.05) is 0 Å². The fourth-order valence-corrected chi connectivity index (χ4v) is 1.20. The molecule has 0 aromatic heterocycles. The van der Waals surface area contributed by atoms with Gasteiger partial charge in [0.15, 0.2) is 5.41 Å². The zero-order valence-electron chi connectivity index (χ0n) is 6.41. The quantitative estimate of drug-likeness (QED) is 0.725. The van der Waals surface area contributed by atoms with Crippen molar-refractivity contribution in [1.29, 1.82) is 0 Å². The number of aliphatic carboxylic acids is 1. The Morgan fingerprint density at radius 3 is 1.79 bits per heavy atom. The van der Waals surface area contributed by atoms with Crippen molar-refractivity contribution in [3.05, 3.63) is 0 Å². The Morgan fingerprint density at radius 2 is 1.71 bits per heavy atom. The summed E-state index contributed by atoms with van der Waals surface area (Å²) in [6, 6.07) is 0. The molecule has 0 bridgehead atoms. The molecule has 1 fully saturated rings. The second-order valence-electron chi connectivity index (χ2n) is 3.06. The highest BCUT2D eigenvalue weighted by Gasteiger charge is 2.84. The van der Waals surface area contributed by atoms with Gasteiger partial charge in [0.05, 0.1) is 0 Å². The van der Waals surface area contributed by atoms with Gasteiger partial charge in [-0.3, -0.25) is 4.79 Å². The molecule has 1 aliphatic carbocycles. The van der Waals surface area contributed by atoms with Crippen LogP contribution in [0.1, 0.15) is 6.42 Å². The molecular weight excluding hydrogens is 218 g/mol. The molecule has 82 valence electrons. The summed E-state index contributed by atoms with van der Waals surface area (Å²) < 4.78 is 72.4. The Morgan fingerprint density at radius 1 is 1.36 bits per heavy atom. The molecule has 0 saturated heterocycles. The third kappa shape index (κ3) is 1.24. The lowest BCUT2D eigenvalue weighted by molar-refractivity contribution is -0.215. The van der Waals surface area contributed by atoms with E-state index in [2.05, 4.69) is 0 Å². The van der Waals surface area contributed by atoms with Crippen molar-refractivity contribution in [2.45, 2.75) is 24.7 Å². The van der Waals surface area contributed by atoms with Crippen LogP contribution < -0.4 is 0 Å². The second kappa shape index (κ2) is 2.54. The summed E-state index contributed by atoms with van der Waals surface area (Å²) in [6.45, 7) is 0. The van der Waals surface area contributed by atoms with E-state index in [0.29, 0.717) is 0 Å². The standard InChI is InChI=1S/C6H4F6O2/c7-2(6(10,11)12)4(3(13)14)1-5(4,8)9/h2H,1H2,(H,13,14). The van der Waals surface area contributed by atoms with Crippen LogP contribution in [0.2, 0.25) is 0 Å². The van der Waals surface area contributed by atoms with Crippen LogP contribution in [-0.4, -0.2) is 29.3 Å². The third-order valence-electron chi connectivity index (χ3n) is 2.13. The summed E-state index contributed by atoms with van der Waals surface area (Å²) in [7, 11) is 0. The molecule has 0 spiro atoms. The highest BCUT2D eigenvalue weighted by molar-refractivity contribution is 5.81. The topological polar surface area (TPSA) is 37.3 Å². The molecule has 0 heterocycles.